The van der Waals surface area contributed by atoms with Crippen LogP contribution >= 0.6 is 34.5 Å². The van der Waals surface area contributed by atoms with Gasteiger partial charge in [0.05, 0.1) is 20.3 Å². The number of carbonyl (C=O) groups excluding carboxylic acids is 1. The summed E-state index contributed by atoms with van der Waals surface area (Å²) >= 11 is 14.3. The van der Waals surface area contributed by atoms with E-state index in [1.54, 1.807) is 23.7 Å². The van der Waals surface area contributed by atoms with Crippen molar-refractivity contribution in [1.82, 2.24) is 15.3 Å². The number of carbonyl (C=O) groups is 1. The van der Waals surface area contributed by atoms with Crippen LogP contribution in [0.2, 0.25) is 10.0 Å². The summed E-state index contributed by atoms with van der Waals surface area (Å²) < 4.78 is 6.45. The predicted octanol–water partition coefficient (Wildman–Crippen LogP) is 6.55. The highest BCUT2D eigenvalue weighted by atomic mass is 35.5. The van der Waals surface area contributed by atoms with Gasteiger partial charge in [-0.2, -0.15) is 0 Å². The largest absolute Gasteiger partial charge is 0.444 e. The fourth-order valence-electron chi connectivity index (χ4n) is 3.85. The van der Waals surface area contributed by atoms with Crippen LogP contribution in [0.4, 0.5) is 10.6 Å². The molecule has 170 valence electrons. The minimum atomic E-state index is -0.517. The highest BCUT2D eigenvalue weighted by Gasteiger charge is 2.34. The average Bonchev–Trinajstić information content (AvgIpc) is 3.13. The van der Waals surface area contributed by atoms with Gasteiger partial charge in [-0.05, 0) is 46.6 Å². The van der Waals surface area contributed by atoms with Gasteiger partial charge in [0, 0.05) is 35.1 Å². The first-order valence-electron chi connectivity index (χ1n) is 10.5. The summed E-state index contributed by atoms with van der Waals surface area (Å²) in [7, 11) is 0. The Balaban J connectivity index is 1.54. The Hall–Kier alpha value is -2.09. The van der Waals surface area contributed by atoms with Gasteiger partial charge < -0.3 is 15.0 Å². The number of nitrogens with zero attached hydrogens (tertiary/aromatic N) is 3. The zero-order valence-corrected chi connectivity index (χ0v) is 20.9. The topological polar surface area (TPSA) is 67.3 Å². The second kappa shape index (κ2) is 8.69. The molecule has 1 aliphatic heterocycles. The lowest BCUT2D eigenvalue weighted by atomic mass is 9.90. The Labute approximate surface area is 201 Å². The Bertz CT molecular complexity index is 1150. The molecule has 4 rings (SSSR count). The van der Waals surface area contributed by atoms with Crippen LogP contribution in [0.5, 0.6) is 0 Å². The summed E-state index contributed by atoms with van der Waals surface area (Å²) in [6.45, 7) is 9.19. The molecule has 0 unspecified atom stereocenters. The van der Waals surface area contributed by atoms with Gasteiger partial charge in [-0.15, -0.1) is 11.3 Å². The van der Waals surface area contributed by atoms with Crippen LogP contribution in [0.1, 0.15) is 40.5 Å². The fraction of sp³-hybridized carbons (Fsp3) is 0.435. The second-order valence-corrected chi connectivity index (χ2v) is 11.0. The van der Waals surface area contributed by atoms with Crippen LogP contribution in [-0.4, -0.2) is 40.3 Å². The number of halogens is 2. The van der Waals surface area contributed by atoms with Crippen LogP contribution < -0.4 is 10.2 Å². The Morgan fingerprint density at radius 3 is 2.59 bits per heavy atom. The number of hydrogen-bond acceptors (Lipinski definition) is 6. The highest BCUT2D eigenvalue weighted by molar-refractivity contribution is 7.18. The van der Waals surface area contributed by atoms with Crippen molar-refractivity contribution in [1.29, 1.82) is 0 Å². The molecule has 0 atom stereocenters. The van der Waals surface area contributed by atoms with E-state index in [1.165, 1.54) is 0 Å². The number of fused-ring (bicyclic) bond motifs is 1. The maximum absolute atomic E-state index is 12.3. The van der Waals surface area contributed by atoms with Crippen molar-refractivity contribution in [3.63, 3.8) is 0 Å². The van der Waals surface area contributed by atoms with E-state index >= 15 is 0 Å². The standard InChI is InChI=1S/C23H26Cl2N4O2S/c1-22(2,3)31-21(30)28-23(4)8-10-29(11-9-23)20-19-18(26-13-27-20)15(12-32-19)14-6-5-7-16(24)17(14)25/h5-7,12-13H,8-11H2,1-4H3,(H,28,30). The molecule has 32 heavy (non-hydrogen) atoms. The number of anilines is 1. The third-order valence-electron chi connectivity index (χ3n) is 5.55. The first kappa shape index (κ1) is 23.1. The van der Waals surface area contributed by atoms with E-state index in [9.17, 15) is 4.79 Å². The van der Waals surface area contributed by atoms with E-state index in [4.69, 9.17) is 27.9 Å². The summed E-state index contributed by atoms with van der Waals surface area (Å²) in [5.41, 5.74) is 1.85. The van der Waals surface area contributed by atoms with Gasteiger partial charge in [-0.1, -0.05) is 35.3 Å². The van der Waals surface area contributed by atoms with E-state index in [0.717, 1.165) is 53.1 Å². The molecule has 0 spiro atoms. The predicted molar refractivity (Wildman–Crippen MR) is 132 cm³/mol. The van der Waals surface area contributed by atoms with Gasteiger partial charge in [-0.3, -0.25) is 0 Å². The monoisotopic (exact) mass is 492 g/mol. The molecule has 0 radical (unpaired) electrons. The Morgan fingerprint density at radius 2 is 1.91 bits per heavy atom. The summed E-state index contributed by atoms with van der Waals surface area (Å²) in [4.78, 5) is 23.6. The molecule has 0 bridgehead atoms. The van der Waals surface area contributed by atoms with Crippen LogP contribution in [-0.2, 0) is 4.74 Å². The van der Waals surface area contributed by atoms with E-state index in [0.29, 0.717) is 10.0 Å². The molecule has 2 aromatic heterocycles. The van der Waals surface area contributed by atoms with Gasteiger partial charge in [0.2, 0.25) is 0 Å². The molecule has 0 aliphatic carbocycles. The van der Waals surface area contributed by atoms with Crippen molar-refractivity contribution in [3.05, 3.63) is 40.0 Å². The number of nitrogens with one attached hydrogen (secondary N) is 1. The molecule has 3 aromatic rings. The average molecular weight is 493 g/mol. The number of alkyl carbamates (subject to hydrolysis) is 1. The van der Waals surface area contributed by atoms with Crippen molar-refractivity contribution >= 4 is 56.7 Å². The minimum absolute atomic E-state index is 0.320. The Morgan fingerprint density at radius 1 is 1.19 bits per heavy atom. The van der Waals surface area contributed by atoms with E-state index in [1.807, 2.05) is 32.9 Å². The van der Waals surface area contributed by atoms with E-state index in [2.05, 4.69) is 32.5 Å². The van der Waals surface area contributed by atoms with Gasteiger partial charge in [0.1, 0.15) is 17.7 Å². The van der Waals surface area contributed by atoms with Crippen molar-refractivity contribution in [2.75, 3.05) is 18.0 Å². The number of rotatable bonds is 3. The van der Waals surface area contributed by atoms with Crippen LogP contribution in [0.15, 0.2) is 29.9 Å². The summed E-state index contributed by atoms with van der Waals surface area (Å²) in [6.07, 6.45) is 2.80. The summed E-state index contributed by atoms with van der Waals surface area (Å²) in [5.74, 6) is 0.906. The van der Waals surface area contributed by atoms with Crippen molar-refractivity contribution in [3.8, 4) is 11.1 Å². The maximum atomic E-state index is 12.3. The molecular formula is C23H26Cl2N4O2S. The molecule has 1 N–H and O–H groups in total. The molecule has 1 saturated heterocycles. The number of piperidine rings is 1. The molecule has 1 fully saturated rings. The first-order chi connectivity index (χ1) is 15.1. The maximum Gasteiger partial charge on any atom is 0.408 e. The highest BCUT2D eigenvalue weighted by Crippen LogP contribution is 2.42. The number of aromatic nitrogens is 2. The fourth-order valence-corrected chi connectivity index (χ4v) is 5.29. The molecule has 6 nitrogen and oxygen atoms in total. The summed E-state index contributed by atoms with van der Waals surface area (Å²) in [6, 6.07) is 5.61. The van der Waals surface area contributed by atoms with Crippen LogP contribution in [0, 0.1) is 0 Å². The third-order valence-corrected chi connectivity index (χ3v) is 7.33. The number of thiophene rings is 1. The third kappa shape index (κ3) is 4.80. The SMILES string of the molecule is CC1(NC(=O)OC(C)(C)C)CCN(c2ncnc3c(-c4cccc(Cl)c4Cl)csc23)CC1. The van der Waals surface area contributed by atoms with E-state index < -0.39 is 5.60 Å². The first-order valence-corrected chi connectivity index (χ1v) is 12.1. The lowest BCUT2D eigenvalue weighted by molar-refractivity contribution is 0.0448. The molecule has 1 aliphatic rings. The van der Waals surface area contributed by atoms with Gasteiger partial charge in [0.25, 0.3) is 0 Å². The summed E-state index contributed by atoms with van der Waals surface area (Å²) in [5, 5.41) is 6.15. The smallest absolute Gasteiger partial charge is 0.408 e. The molecule has 1 aromatic carbocycles. The molecule has 3 heterocycles. The van der Waals surface area contributed by atoms with Crippen LogP contribution in [0.3, 0.4) is 0 Å². The molecular weight excluding hydrogens is 467 g/mol. The minimum Gasteiger partial charge on any atom is -0.444 e. The zero-order valence-electron chi connectivity index (χ0n) is 18.5. The van der Waals surface area contributed by atoms with Crippen molar-refractivity contribution in [2.45, 2.75) is 51.7 Å². The van der Waals surface area contributed by atoms with Crippen LogP contribution in [0.25, 0.3) is 21.3 Å². The quantitative estimate of drug-likeness (QED) is 0.448. The van der Waals surface area contributed by atoms with Gasteiger partial charge >= 0.3 is 6.09 Å². The number of ether oxygens (including phenoxy) is 1. The van der Waals surface area contributed by atoms with Gasteiger partial charge in [-0.25, -0.2) is 14.8 Å². The van der Waals surface area contributed by atoms with E-state index in [-0.39, 0.29) is 11.6 Å². The van der Waals surface area contributed by atoms with Crippen molar-refractivity contribution < 1.29 is 9.53 Å². The molecule has 9 heteroatoms. The lowest BCUT2D eigenvalue weighted by Gasteiger charge is -2.40. The van der Waals surface area contributed by atoms with Gasteiger partial charge in [0.15, 0.2) is 0 Å². The number of benzene rings is 1. The molecule has 1 amide bonds. The molecule has 0 saturated carbocycles. The zero-order chi connectivity index (χ0) is 23.1. The second-order valence-electron chi connectivity index (χ2n) is 9.30. The lowest BCUT2D eigenvalue weighted by Crippen LogP contribution is -2.54. The normalized spacial score (nSPS) is 16.2. The van der Waals surface area contributed by atoms with Crippen molar-refractivity contribution in [2.24, 2.45) is 0 Å². The number of amides is 1. The Kier molecular flexibility index (Phi) is 6.27. The number of hydrogen-bond donors (Lipinski definition) is 1.